The molecule has 0 radical (unpaired) electrons. The van der Waals surface area contributed by atoms with Gasteiger partial charge in [0.15, 0.2) is 0 Å². The number of carbonyl (C=O) groups is 2. The zero-order valence-electron chi connectivity index (χ0n) is 15.2. The van der Waals surface area contributed by atoms with Gasteiger partial charge in [0.25, 0.3) is 5.91 Å². The molecule has 1 heterocycles. The van der Waals surface area contributed by atoms with Crippen LogP contribution in [0.25, 0.3) is 0 Å². The van der Waals surface area contributed by atoms with Gasteiger partial charge in [0.2, 0.25) is 6.23 Å². The Morgan fingerprint density at radius 3 is 2.54 bits per heavy atom. The van der Waals surface area contributed by atoms with Gasteiger partial charge < -0.3 is 9.47 Å². The first-order chi connectivity index (χ1) is 11.3. The first kappa shape index (κ1) is 18.3. The van der Waals surface area contributed by atoms with E-state index in [0.29, 0.717) is 24.3 Å². The lowest BCUT2D eigenvalue weighted by atomic mass is 10.1. The van der Waals surface area contributed by atoms with Crippen LogP contribution in [0.2, 0.25) is 0 Å². The fourth-order valence-corrected chi connectivity index (χ4v) is 2.80. The van der Waals surface area contributed by atoms with Gasteiger partial charge in [-0.3, -0.25) is 14.5 Å². The van der Waals surface area contributed by atoms with E-state index in [0.717, 1.165) is 12.0 Å². The van der Waals surface area contributed by atoms with Crippen molar-refractivity contribution in [1.82, 2.24) is 4.90 Å². The second-order valence-electron chi connectivity index (χ2n) is 6.86. The van der Waals surface area contributed by atoms with Gasteiger partial charge in [0.05, 0.1) is 11.7 Å². The Bertz CT molecular complexity index is 609. The Kier molecular flexibility index (Phi) is 5.86. The summed E-state index contributed by atoms with van der Waals surface area (Å²) in [4.78, 5) is 26.4. The van der Waals surface area contributed by atoms with E-state index in [-0.39, 0.29) is 23.9 Å². The Labute approximate surface area is 143 Å². The lowest BCUT2D eigenvalue weighted by molar-refractivity contribution is -0.157. The molecule has 1 aromatic carbocycles. The lowest BCUT2D eigenvalue weighted by Gasteiger charge is -2.26. The maximum Gasteiger partial charge on any atom is 0.307 e. The molecule has 1 aliphatic heterocycles. The molecule has 0 saturated heterocycles. The SMILES string of the molecule is CCCC(=O)OC1c2ccc(OC(C)C)cc2C(=O)N1CC(C)C. The fraction of sp³-hybridized carbons (Fsp3) is 0.579. The number of benzene rings is 1. The summed E-state index contributed by atoms with van der Waals surface area (Å²) in [6.07, 6.45) is 0.466. The number of hydrogen-bond acceptors (Lipinski definition) is 4. The van der Waals surface area contributed by atoms with E-state index in [1.54, 1.807) is 11.0 Å². The highest BCUT2D eigenvalue weighted by molar-refractivity contribution is 5.99. The van der Waals surface area contributed by atoms with Crippen molar-refractivity contribution in [2.24, 2.45) is 5.92 Å². The fourth-order valence-electron chi connectivity index (χ4n) is 2.80. The number of ether oxygens (including phenoxy) is 2. The van der Waals surface area contributed by atoms with Gasteiger partial charge in [0, 0.05) is 18.5 Å². The molecule has 5 nitrogen and oxygen atoms in total. The third-order valence-electron chi connectivity index (χ3n) is 3.70. The highest BCUT2D eigenvalue weighted by Crippen LogP contribution is 2.37. The molecule has 132 valence electrons. The van der Waals surface area contributed by atoms with Crippen molar-refractivity contribution in [1.29, 1.82) is 0 Å². The van der Waals surface area contributed by atoms with Gasteiger partial charge >= 0.3 is 5.97 Å². The average Bonchev–Trinajstić information content (AvgIpc) is 2.72. The van der Waals surface area contributed by atoms with Crippen molar-refractivity contribution < 1.29 is 19.1 Å². The number of nitrogens with zero attached hydrogens (tertiary/aromatic N) is 1. The quantitative estimate of drug-likeness (QED) is 0.710. The number of fused-ring (bicyclic) bond motifs is 1. The number of rotatable bonds is 7. The van der Waals surface area contributed by atoms with Crippen molar-refractivity contribution in [3.63, 3.8) is 0 Å². The van der Waals surface area contributed by atoms with E-state index in [4.69, 9.17) is 9.47 Å². The highest BCUT2D eigenvalue weighted by Gasteiger charge is 2.39. The molecule has 0 aromatic heterocycles. The summed E-state index contributed by atoms with van der Waals surface area (Å²) in [6, 6.07) is 5.40. The Hall–Kier alpha value is -2.04. The van der Waals surface area contributed by atoms with Crippen LogP contribution in [0.3, 0.4) is 0 Å². The van der Waals surface area contributed by atoms with Gasteiger partial charge in [-0.25, -0.2) is 0 Å². The molecule has 24 heavy (non-hydrogen) atoms. The largest absolute Gasteiger partial charge is 0.491 e. The zero-order valence-corrected chi connectivity index (χ0v) is 15.2. The molecule has 0 N–H and O–H groups in total. The predicted octanol–water partition coefficient (Wildman–Crippen LogP) is 3.93. The van der Waals surface area contributed by atoms with Crippen LogP contribution in [0.1, 0.15) is 69.6 Å². The van der Waals surface area contributed by atoms with E-state index >= 15 is 0 Å². The normalized spacial score (nSPS) is 16.7. The summed E-state index contributed by atoms with van der Waals surface area (Å²) >= 11 is 0. The molecule has 2 rings (SSSR count). The number of carbonyl (C=O) groups excluding carboxylic acids is 2. The molecular formula is C19H27NO4. The number of esters is 1. The second kappa shape index (κ2) is 7.69. The Balaban J connectivity index is 2.33. The monoisotopic (exact) mass is 333 g/mol. The molecule has 0 saturated carbocycles. The summed E-state index contributed by atoms with van der Waals surface area (Å²) in [5.41, 5.74) is 1.30. The van der Waals surface area contributed by atoms with Gasteiger partial charge in [-0.05, 0) is 44.4 Å². The van der Waals surface area contributed by atoms with Gasteiger partial charge in [-0.1, -0.05) is 20.8 Å². The predicted molar refractivity (Wildman–Crippen MR) is 91.8 cm³/mol. The maximum absolute atomic E-state index is 12.8. The summed E-state index contributed by atoms with van der Waals surface area (Å²) < 4.78 is 11.3. The van der Waals surface area contributed by atoms with Crippen LogP contribution in [-0.2, 0) is 9.53 Å². The molecule has 0 bridgehead atoms. The summed E-state index contributed by atoms with van der Waals surface area (Å²) in [5, 5.41) is 0. The first-order valence-corrected chi connectivity index (χ1v) is 8.64. The summed E-state index contributed by atoms with van der Waals surface area (Å²) in [6.45, 7) is 10.4. The van der Waals surface area contributed by atoms with Gasteiger partial charge in [-0.2, -0.15) is 0 Å². The first-order valence-electron chi connectivity index (χ1n) is 8.64. The van der Waals surface area contributed by atoms with E-state index in [2.05, 4.69) is 0 Å². The van der Waals surface area contributed by atoms with Crippen LogP contribution in [0.5, 0.6) is 5.75 Å². The molecule has 1 atom stereocenters. The number of hydrogen-bond donors (Lipinski definition) is 0. The van der Waals surface area contributed by atoms with Gasteiger partial charge in [-0.15, -0.1) is 0 Å². The Morgan fingerprint density at radius 1 is 1.25 bits per heavy atom. The molecule has 1 aromatic rings. The van der Waals surface area contributed by atoms with Crippen molar-refractivity contribution in [3.8, 4) is 5.75 Å². The third kappa shape index (κ3) is 4.08. The van der Waals surface area contributed by atoms with Crippen molar-refractivity contribution in [2.75, 3.05) is 6.54 Å². The summed E-state index contributed by atoms with van der Waals surface area (Å²) in [5.74, 6) is 0.547. The molecule has 1 unspecified atom stereocenters. The van der Waals surface area contributed by atoms with Crippen molar-refractivity contribution in [2.45, 2.75) is 59.8 Å². The van der Waals surface area contributed by atoms with Crippen LogP contribution < -0.4 is 4.74 Å². The standard InChI is InChI=1S/C19H27NO4/c1-6-7-17(21)24-19-15-9-8-14(23-13(4)5)10-16(15)18(22)20(19)11-12(2)3/h8-10,12-13,19H,6-7,11H2,1-5H3. The minimum absolute atomic E-state index is 0.0319. The number of amides is 1. The van der Waals surface area contributed by atoms with E-state index < -0.39 is 6.23 Å². The smallest absolute Gasteiger partial charge is 0.307 e. The van der Waals surface area contributed by atoms with Crippen LogP contribution in [0.4, 0.5) is 0 Å². The molecule has 5 heteroatoms. The zero-order chi connectivity index (χ0) is 17.9. The van der Waals surface area contributed by atoms with Crippen molar-refractivity contribution in [3.05, 3.63) is 29.3 Å². The van der Waals surface area contributed by atoms with Crippen LogP contribution in [-0.4, -0.2) is 29.4 Å². The summed E-state index contributed by atoms with van der Waals surface area (Å²) in [7, 11) is 0. The second-order valence-corrected chi connectivity index (χ2v) is 6.86. The topological polar surface area (TPSA) is 55.8 Å². The Morgan fingerprint density at radius 2 is 1.96 bits per heavy atom. The minimum Gasteiger partial charge on any atom is -0.491 e. The molecule has 0 aliphatic carbocycles. The van der Waals surface area contributed by atoms with Crippen molar-refractivity contribution >= 4 is 11.9 Å². The van der Waals surface area contributed by atoms with Crippen LogP contribution >= 0.6 is 0 Å². The van der Waals surface area contributed by atoms with Crippen LogP contribution in [0, 0.1) is 5.92 Å². The maximum atomic E-state index is 12.8. The van der Waals surface area contributed by atoms with E-state index in [1.807, 2.05) is 46.8 Å². The average molecular weight is 333 g/mol. The molecule has 1 amide bonds. The lowest BCUT2D eigenvalue weighted by Crippen LogP contribution is -2.34. The third-order valence-corrected chi connectivity index (χ3v) is 3.70. The highest BCUT2D eigenvalue weighted by atomic mass is 16.6. The molecule has 0 fully saturated rings. The molecule has 1 aliphatic rings. The van der Waals surface area contributed by atoms with E-state index in [1.165, 1.54) is 0 Å². The molecule has 0 spiro atoms. The van der Waals surface area contributed by atoms with Gasteiger partial charge in [0.1, 0.15) is 5.75 Å². The van der Waals surface area contributed by atoms with Crippen LogP contribution in [0.15, 0.2) is 18.2 Å². The minimum atomic E-state index is -0.637. The molecular weight excluding hydrogens is 306 g/mol. The van der Waals surface area contributed by atoms with E-state index in [9.17, 15) is 9.59 Å².